The van der Waals surface area contributed by atoms with E-state index in [1.165, 1.54) is 7.11 Å². The first kappa shape index (κ1) is 22.9. The predicted molar refractivity (Wildman–Crippen MR) is 125 cm³/mol. The van der Waals surface area contributed by atoms with E-state index in [1.807, 2.05) is 36.4 Å². The number of pyridine rings is 1. The van der Waals surface area contributed by atoms with Crippen LogP contribution in [-0.2, 0) is 11.2 Å². The van der Waals surface area contributed by atoms with Crippen LogP contribution in [0.1, 0.15) is 58.7 Å². The zero-order valence-electron chi connectivity index (χ0n) is 17.2. The smallest absolute Gasteiger partial charge is 0.339 e. The Hall–Kier alpha value is -1.82. The largest absolute Gasteiger partial charge is 0.465 e. The van der Waals surface area contributed by atoms with Crippen LogP contribution in [0.2, 0.25) is 10.0 Å². The van der Waals surface area contributed by atoms with E-state index in [4.69, 9.17) is 27.9 Å². The van der Waals surface area contributed by atoms with E-state index in [0.29, 0.717) is 22.0 Å². The number of hydrogen-bond acceptors (Lipinski definition) is 3. The van der Waals surface area contributed by atoms with Crippen LogP contribution < -0.4 is 0 Å². The molecule has 0 fully saturated rings. The van der Waals surface area contributed by atoms with Gasteiger partial charge in [0.15, 0.2) is 0 Å². The van der Waals surface area contributed by atoms with Gasteiger partial charge in [0.05, 0.1) is 22.3 Å². The minimum absolute atomic E-state index is 0.114. The number of benzene rings is 1. The molecule has 1 unspecified atom stereocenters. The molecule has 7 heteroatoms. The first-order chi connectivity index (χ1) is 14.2. The molecule has 0 aliphatic heterocycles. The number of rotatable bonds is 6. The summed E-state index contributed by atoms with van der Waals surface area (Å²) in [5, 5.41) is 1.23. The fourth-order valence-electron chi connectivity index (χ4n) is 3.68. The van der Waals surface area contributed by atoms with Gasteiger partial charge in [0.1, 0.15) is 0 Å². The van der Waals surface area contributed by atoms with Crippen molar-refractivity contribution in [3.63, 3.8) is 0 Å². The van der Waals surface area contributed by atoms with E-state index in [9.17, 15) is 4.79 Å². The standard InChI is InChI=1S/C23H23BrCl2N2O2/c1-13(2)28-21(24)11-19(23(29)30-4)22(28)18(20-8-7-17(26)12-27-20)10-15-9-16(25)6-5-14(15)3/h5-9,11-13,18H,10H2,1-4H3. The van der Waals surface area contributed by atoms with Gasteiger partial charge in [-0.05, 0) is 84.6 Å². The number of nitrogens with zero attached hydrogens (tertiary/aromatic N) is 2. The average molecular weight is 510 g/mol. The molecule has 0 amide bonds. The van der Waals surface area contributed by atoms with Gasteiger partial charge >= 0.3 is 5.97 Å². The van der Waals surface area contributed by atoms with Crippen molar-refractivity contribution in [1.29, 1.82) is 0 Å². The molecule has 2 heterocycles. The summed E-state index contributed by atoms with van der Waals surface area (Å²) in [5.74, 6) is -0.589. The molecule has 158 valence electrons. The second-order valence-corrected chi connectivity index (χ2v) is 9.14. The van der Waals surface area contributed by atoms with Crippen LogP contribution in [0.15, 0.2) is 47.2 Å². The summed E-state index contributed by atoms with van der Waals surface area (Å²) in [6.07, 6.45) is 2.25. The number of halogens is 3. The van der Waals surface area contributed by atoms with Gasteiger partial charge in [0.2, 0.25) is 0 Å². The quantitative estimate of drug-likeness (QED) is 0.336. The van der Waals surface area contributed by atoms with Gasteiger partial charge < -0.3 is 9.30 Å². The summed E-state index contributed by atoms with van der Waals surface area (Å²) in [4.78, 5) is 17.3. The maximum absolute atomic E-state index is 12.7. The van der Waals surface area contributed by atoms with Gasteiger partial charge in [-0.15, -0.1) is 0 Å². The lowest BCUT2D eigenvalue weighted by molar-refractivity contribution is 0.0599. The average Bonchev–Trinajstić information content (AvgIpc) is 3.06. The van der Waals surface area contributed by atoms with E-state index >= 15 is 0 Å². The molecule has 0 aliphatic carbocycles. The van der Waals surface area contributed by atoms with Gasteiger partial charge in [0, 0.05) is 34.6 Å². The third-order valence-electron chi connectivity index (χ3n) is 5.12. The highest BCUT2D eigenvalue weighted by Gasteiger charge is 2.30. The Kier molecular flexibility index (Phi) is 7.27. The van der Waals surface area contributed by atoms with Crippen LogP contribution >= 0.6 is 39.1 Å². The van der Waals surface area contributed by atoms with Crippen LogP contribution in [0.4, 0.5) is 0 Å². The van der Waals surface area contributed by atoms with Crippen molar-refractivity contribution in [2.75, 3.05) is 7.11 Å². The number of carbonyl (C=O) groups is 1. The third-order valence-corrected chi connectivity index (χ3v) is 6.19. The molecule has 1 aromatic carbocycles. The zero-order valence-corrected chi connectivity index (χ0v) is 20.3. The number of esters is 1. The summed E-state index contributed by atoms with van der Waals surface area (Å²) in [5.41, 5.74) is 4.39. The molecule has 0 spiro atoms. The Balaban J connectivity index is 2.26. The number of hydrogen-bond donors (Lipinski definition) is 0. The Labute approximate surface area is 195 Å². The highest BCUT2D eigenvalue weighted by Crippen LogP contribution is 2.37. The molecule has 0 bridgehead atoms. The Morgan fingerprint density at radius 2 is 1.87 bits per heavy atom. The van der Waals surface area contributed by atoms with Gasteiger partial charge in [0.25, 0.3) is 0 Å². The van der Waals surface area contributed by atoms with Crippen LogP contribution in [0.3, 0.4) is 0 Å². The van der Waals surface area contributed by atoms with Crippen LogP contribution in [0.5, 0.6) is 0 Å². The Morgan fingerprint density at radius 3 is 2.47 bits per heavy atom. The molecule has 0 saturated carbocycles. The predicted octanol–water partition coefficient (Wildman–Crippen LogP) is 7.00. The van der Waals surface area contributed by atoms with E-state index in [-0.39, 0.29) is 17.9 Å². The van der Waals surface area contributed by atoms with Crippen molar-refractivity contribution in [2.45, 2.75) is 39.2 Å². The fraction of sp³-hybridized carbons (Fsp3) is 0.304. The number of carbonyl (C=O) groups excluding carboxylic acids is 1. The molecular weight excluding hydrogens is 487 g/mol. The Morgan fingerprint density at radius 1 is 1.17 bits per heavy atom. The number of methoxy groups -OCH3 is 1. The van der Waals surface area contributed by atoms with E-state index in [0.717, 1.165) is 27.1 Å². The number of aromatic nitrogens is 2. The highest BCUT2D eigenvalue weighted by atomic mass is 79.9. The lowest BCUT2D eigenvalue weighted by Gasteiger charge is -2.24. The lowest BCUT2D eigenvalue weighted by atomic mass is 9.88. The van der Waals surface area contributed by atoms with Crippen LogP contribution in [0.25, 0.3) is 0 Å². The molecule has 0 N–H and O–H groups in total. The normalized spacial score (nSPS) is 12.3. The first-order valence-electron chi connectivity index (χ1n) is 9.58. The molecule has 0 aliphatic rings. The van der Waals surface area contributed by atoms with Crippen molar-refractivity contribution < 1.29 is 9.53 Å². The monoisotopic (exact) mass is 508 g/mol. The summed E-state index contributed by atoms with van der Waals surface area (Å²) in [6.45, 7) is 6.20. The highest BCUT2D eigenvalue weighted by molar-refractivity contribution is 9.10. The molecule has 0 saturated heterocycles. The maximum atomic E-state index is 12.7. The molecule has 4 nitrogen and oxygen atoms in total. The lowest BCUT2D eigenvalue weighted by Crippen LogP contribution is -2.18. The fourth-order valence-corrected chi connectivity index (χ4v) is 4.81. The summed E-state index contributed by atoms with van der Waals surface area (Å²) in [6, 6.07) is 11.5. The topological polar surface area (TPSA) is 44.1 Å². The summed E-state index contributed by atoms with van der Waals surface area (Å²) >= 11 is 16.0. The van der Waals surface area contributed by atoms with Crippen molar-refractivity contribution >= 4 is 45.1 Å². The number of ether oxygens (including phenoxy) is 1. The molecule has 2 aromatic heterocycles. The summed E-state index contributed by atoms with van der Waals surface area (Å²) in [7, 11) is 1.39. The first-order valence-corrected chi connectivity index (χ1v) is 11.1. The van der Waals surface area contributed by atoms with E-state index in [1.54, 1.807) is 6.20 Å². The van der Waals surface area contributed by atoms with Crippen molar-refractivity contribution in [3.05, 3.63) is 85.3 Å². The molecule has 3 rings (SSSR count). The van der Waals surface area contributed by atoms with Gasteiger partial charge in [-0.2, -0.15) is 0 Å². The SMILES string of the molecule is COC(=O)c1cc(Br)n(C(C)C)c1C(Cc1cc(Cl)ccc1C)c1ccc(Cl)cn1. The van der Waals surface area contributed by atoms with Crippen LogP contribution in [0, 0.1) is 6.92 Å². The van der Waals surface area contributed by atoms with Crippen molar-refractivity contribution in [3.8, 4) is 0 Å². The maximum Gasteiger partial charge on any atom is 0.339 e. The third kappa shape index (κ3) is 4.74. The van der Waals surface area contributed by atoms with Gasteiger partial charge in [-0.1, -0.05) is 29.3 Å². The second-order valence-electron chi connectivity index (χ2n) is 7.45. The van der Waals surface area contributed by atoms with E-state index in [2.05, 4.69) is 46.3 Å². The van der Waals surface area contributed by atoms with Crippen molar-refractivity contribution in [1.82, 2.24) is 9.55 Å². The molecule has 0 radical (unpaired) electrons. The molecule has 30 heavy (non-hydrogen) atoms. The van der Waals surface area contributed by atoms with Gasteiger partial charge in [-0.3, -0.25) is 4.98 Å². The number of aryl methyl sites for hydroxylation is 1. The molecular formula is C23H23BrCl2N2O2. The molecule has 3 aromatic rings. The zero-order chi connectivity index (χ0) is 22.0. The minimum Gasteiger partial charge on any atom is -0.465 e. The minimum atomic E-state index is -0.383. The molecule has 1 atom stereocenters. The van der Waals surface area contributed by atoms with Crippen LogP contribution in [-0.4, -0.2) is 22.6 Å². The van der Waals surface area contributed by atoms with E-state index < -0.39 is 0 Å². The van der Waals surface area contributed by atoms with Gasteiger partial charge in [-0.25, -0.2) is 4.79 Å². The second kappa shape index (κ2) is 9.54. The Bertz CT molecular complexity index is 1060. The van der Waals surface area contributed by atoms with Crippen molar-refractivity contribution in [2.24, 2.45) is 0 Å². The summed E-state index contributed by atoms with van der Waals surface area (Å²) < 4.78 is 8.01.